The van der Waals surface area contributed by atoms with E-state index >= 15 is 0 Å². The van der Waals surface area contributed by atoms with Crippen LogP contribution in [0.2, 0.25) is 0 Å². The van der Waals surface area contributed by atoms with E-state index in [0.717, 1.165) is 26.1 Å². The lowest BCUT2D eigenvalue weighted by Crippen LogP contribution is -2.19. The number of thioether (sulfide) groups is 1. The first-order valence-corrected chi connectivity index (χ1v) is 9.01. The number of hydrogen-bond donors (Lipinski definition) is 1. The van der Waals surface area contributed by atoms with E-state index < -0.39 is 0 Å². The highest BCUT2D eigenvalue weighted by Gasteiger charge is 2.25. The Morgan fingerprint density at radius 2 is 2.25 bits per heavy atom. The second-order valence-corrected chi connectivity index (χ2v) is 7.97. The van der Waals surface area contributed by atoms with Gasteiger partial charge in [-0.3, -0.25) is 0 Å². The maximum Gasteiger partial charge on any atom is 0.0669 e. The van der Waals surface area contributed by atoms with E-state index in [2.05, 4.69) is 60.2 Å². The van der Waals surface area contributed by atoms with Gasteiger partial charge in [0.1, 0.15) is 0 Å². The second-order valence-electron chi connectivity index (χ2n) is 5.80. The predicted octanol–water partition coefficient (Wildman–Crippen LogP) is 4.46. The van der Waals surface area contributed by atoms with E-state index in [0.29, 0.717) is 17.3 Å². The van der Waals surface area contributed by atoms with Crippen molar-refractivity contribution in [3.63, 3.8) is 0 Å². The van der Waals surface area contributed by atoms with E-state index in [-0.39, 0.29) is 0 Å². The van der Waals surface area contributed by atoms with E-state index in [1.807, 2.05) is 11.8 Å². The van der Waals surface area contributed by atoms with Gasteiger partial charge in [-0.15, -0.1) is 11.8 Å². The van der Waals surface area contributed by atoms with Crippen LogP contribution < -0.4 is 5.32 Å². The van der Waals surface area contributed by atoms with Gasteiger partial charge in [0.05, 0.1) is 6.10 Å². The van der Waals surface area contributed by atoms with Crippen LogP contribution in [0.15, 0.2) is 27.6 Å². The summed E-state index contributed by atoms with van der Waals surface area (Å²) in [4.78, 5) is 1.33. The fourth-order valence-electron chi connectivity index (χ4n) is 2.28. The van der Waals surface area contributed by atoms with Gasteiger partial charge in [0.25, 0.3) is 0 Å². The fourth-order valence-corrected chi connectivity index (χ4v) is 4.12. The number of hydrogen-bond acceptors (Lipinski definition) is 3. The Bertz CT molecular complexity index is 438. The molecule has 2 nitrogen and oxygen atoms in total. The van der Waals surface area contributed by atoms with E-state index in [1.54, 1.807) is 0 Å². The lowest BCUT2D eigenvalue weighted by Gasteiger charge is -2.15. The molecule has 1 aliphatic heterocycles. The number of rotatable bonds is 6. The fraction of sp³-hybridized carbons (Fsp3) is 0.625. The molecule has 1 saturated heterocycles. The van der Waals surface area contributed by atoms with Gasteiger partial charge in [0.15, 0.2) is 0 Å². The Labute approximate surface area is 135 Å². The number of benzene rings is 1. The molecule has 1 heterocycles. The van der Waals surface area contributed by atoms with Crippen LogP contribution in [0.25, 0.3) is 0 Å². The Morgan fingerprint density at radius 3 is 2.85 bits per heavy atom. The normalized spacial score (nSPS) is 22.6. The second kappa shape index (κ2) is 7.83. The van der Waals surface area contributed by atoms with Crippen molar-refractivity contribution in [2.24, 2.45) is 5.92 Å². The molecule has 0 aromatic heterocycles. The van der Waals surface area contributed by atoms with Gasteiger partial charge >= 0.3 is 0 Å². The zero-order chi connectivity index (χ0) is 14.5. The van der Waals surface area contributed by atoms with Crippen molar-refractivity contribution in [1.82, 2.24) is 5.32 Å². The highest BCUT2D eigenvalue weighted by Crippen LogP contribution is 2.34. The first-order valence-electron chi connectivity index (χ1n) is 7.33. The molecule has 20 heavy (non-hydrogen) atoms. The lowest BCUT2D eigenvalue weighted by molar-refractivity contribution is 0.127. The van der Waals surface area contributed by atoms with Crippen LogP contribution in [0.5, 0.6) is 0 Å². The van der Waals surface area contributed by atoms with Crippen molar-refractivity contribution in [3.8, 4) is 0 Å². The highest BCUT2D eigenvalue weighted by molar-refractivity contribution is 9.10. The molecule has 1 fully saturated rings. The van der Waals surface area contributed by atoms with Crippen molar-refractivity contribution in [1.29, 1.82) is 0 Å². The maximum absolute atomic E-state index is 5.62. The molecule has 0 bridgehead atoms. The van der Waals surface area contributed by atoms with E-state index in [4.69, 9.17) is 4.74 Å². The number of nitrogens with one attached hydrogen (secondary N) is 1. The summed E-state index contributed by atoms with van der Waals surface area (Å²) in [5.74, 6) is 0.687. The Balaban J connectivity index is 1.91. The van der Waals surface area contributed by atoms with Crippen molar-refractivity contribution < 1.29 is 4.74 Å². The summed E-state index contributed by atoms with van der Waals surface area (Å²) in [6, 6.07) is 6.69. The predicted molar refractivity (Wildman–Crippen MR) is 90.4 cm³/mol. The summed E-state index contributed by atoms with van der Waals surface area (Å²) < 4.78 is 6.82. The molecular formula is C16H24BrNOS. The smallest absolute Gasteiger partial charge is 0.0669 e. The van der Waals surface area contributed by atoms with Crippen molar-refractivity contribution >= 4 is 27.7 Å². The summed E-state index contributed by atoms with van der Waals surface area (Å²) in [5, 5.41) is 4.07. The lowest BCUT2D eigenvalue weighted by atomic mass is 10.2. The Kier molecular flexibility index (Phi) is 6.40. The zero-order valence-corrected chi connectivity index (χ0v) is 14.9. The molecule has 1 aromatic rings. The topological polar surface area (TPSA) is 21.3 Å². The van der Waals surface area contributed by atoms with Crippen LogP contribution >= 0.6 is 27.7 Å². The van der Waals surface area contributed by atoms with Crippen LogP contribution in [0.1, 0.15) is 32.8 Å². The van der Waals surface area contributed by atoms with Crippen LogP contribution in [0, 0.1) is 5.92 Å². The molecule has 112 valence electrons. The Hall–Kier alpha value is -0.0300. The molecule has 1 aliphatic rings. The third-order valence-electron chi connectivity index (χ3n) is 3.49. The molecular weight excluding hydrogens is 334 g/mol. The van der Waals surface area contributed by atoms with Gasteiger partial charge in [-0.05, 0) is 43.5 Å². The van der Waals surface area contributed by atoms with Crippen molar-refractivity contribution in [2.45, 2.75) is 50.0 Å². The molecule has 1 N–H and O–H groups in total. The van der Waals surface area contributed by atoms with Crippen LogP contribution in [-0.2, 0) is 11.3 Å². The van der Waals surface area contributed by atoms with Crippen LogP contribution in [0.3, 0.4) is 0 Å². The quantitative estimate of drug-likeness (QED) is 0.811. The molecule has 2 unspecified atom stereocenters. The van der Waals surface area contributed by atoms with E-state index in [1.165, 1.54) is 14.9 Å². The minimum atomic E-state index is 0.367. The van der Waals surface area contributed by atoms with Crippen molar-refractivity contribution in [3.05, 3.63) is 28.2 Å². The van der Waals surface area contributed by atoms with Gasteiger partial charge < -0.3 is 10.1 Å². The molecule has 4 heteroatoms. The average Bonchev–Trinajstić information content (AvgIpc) is 2.77. The number of halogens is 1. The molecule has 2 rings (SSSR count). The van der Waals surface area contributed by atoms with Gasteiger partial charge in [-0.2, -0.15) is 0 Å². The maximum atomic E-state index is 5.62. The van der Waals surface area contributed by atoms with Crippen LogP contribution in [0.4, 0.5) is 0 Å². The van der Waals surface area contributed by atoms with Gasteiger partial charge in [0, 0.05) is 27.8 Å². The van der Waals surface area contributed by atoms with Gasteiger partial charge in [-0.25, -0.2) is 0 Å². The molecule has 0 spiro atoms. The Morgan fingerprint density at radius 1 is 1.45 bits per heavy atom. The highest BCUT2D eigenvalue weighted by atomic mass is 79.9. The van der Waals surface area contributed by atoms with Crippen LogP contribution in [-0.4, -0.2) is 24.5 Å². The standard InChI is InChI=1S/C16H24BrNOS/c1-11(2)9-18-10-13-4-5-14(8-15(13)17)20-16-6-7-19-12(16)3/h4-5,8,11-12,16,18H,6-7,9-10H2,1-3H3. The van der Waals surface area contributed by atoms with Crippen molar-refractivity contribution in [2.75, 3.05) is 13.2 Å². The van der Waals surface area contributed by atoms with Gasteiger partial charge in [0.2, 0.25) is 0 Å². The first-order chi connectivity index (χ1) is 9.56. The minimum Gasteiger partial charge on any atom is -0.377 e. The SMILES string of the molecule is CC(C)CNCc1ccc(SC2CCOC2C)cc1Br. The summed E-state index contributed by atoms with van der Waals surface area (Å²) in [6.07, 6.45) is 1.52. The third-order valence-corrected chi connectivity index (χ3v) is 5.67. The first kappa shape index (κ1) is 16.3. The van der Waals surface area contributed by atoms with E-state index in [9.17, 15) is 0 Å². The summed E-state index contributed by atoms with van der Waals surface area (Å²) in [7, 11) is 0. The molecule has 2 atom stereocenters. The molecule has 0 saturated carbocycles. The summed E-state index contributed by atoms with van der Waals surface area (Å²) in [6.45, 7) is 9.51. The monoisotopic (exact) mass is 357 g/mol. The molecule has 0 amide bonds. The molecule has 0 radical (unpaired) electrons. The summed E-state index contributed by atoms with van der Waals surface area (Å²) in [5.41, 5.74) is 1.32. The average molecular weight is 358 g/mol. The van der Waals surface area contributed by atoms with Gasteiger partial charge in [-0.1, -0.05) is 35.8 Å². The zero-order valence-electron chi connectivity index (χ0n) is 12.5. The molecule has 0 aliphatic carbocycles. The third kappa shape index (κ3) is 4.76. The molecule has 1 aromatic carbocycles. The number of ether oxygens (including phenoxy) is 1. The summed E-state index contributed by atoms with van der Waals surface area (Å²) >= 11 is 5.63. The largest absolute Gasteiger partial charge is 0.377 e. The minimum absolute atomic E-state index is 0.367.